The lowest BCUT2D eigenvalue weighted by molar-refractivity contribution is -0.139. The number of amides is 1. The second-order valence-electron chi connectivity index (χ2n) is 5.78. The zero-order valence-corrected chi connectivity index (χ0v) is 11.8. The molecule has 0 aromatic rings. The van der Waals surface area contributed by atoms with Crippen molar-refractivity contribution in [1.82, 2.24) is 15.5 Å². The van der Waals surface area contributed by atoms with Crippen LogP contribution in [-0.4, -0.2) is 49.6 Å². The Bertz CT molecular complexity index is 285. The molecule has 4 nitrogen and oxygen atoms in total. The minimum Gasteiger partial charge on any atom is -0.341 e. The first kappa shape index (κ1) is 13.8. The van der Waals surface area contributed by atoms with Crippen LogP contribution in [0.2, 0.25) is 0 Å². The van der Waals surface area contributed by atoms with Gasteiger partial charge in [0.25, 0.3) is 0 Å². The van der Waals surface area contributed by atoms with Gasteiger partial charge >= 0.3 is 0 Å². The summed E-state index contributed by atoms with van der Waals surface area (Å²) < 4.78 is 0. The fourth-order valence-corrected chi connectivity index (χ4v) is 3.45. The van der Waals surface area contributed by atoms with Gasteiger partial charge in [0.1, 0.15) is 0 Å². The molecule has 2 atom stereocenters. The van der Waals surface area contributed by atoms with E-state index in [0.29, 0.717) is 11.8 Å². The van der Waals surface area contributed by atoms with E-state index in [0.717, 1.165) is 51.9 Å². The summed E-state index contributed by atoms with van der Waals surface area (Å²) in [5.74, 6) is 0.978. The van der Waals surface area contributed by atoms with Crippen LogP contribution in [0.4, 0.5) is 0 Å². The number of hydrogen-bond donors (Lipinski definition) is 2. The van der Waals surface area contributed by atoms with Crippen LogP contribution in [0.1, 0.15) is 39.0 Å². The standard InChI is InChI=1S/C14H27N3O/c1-3-14(7-5-8-16-14)13(18)17-9-4-6-12(11-17)10-15-2/h12,15-16H,3-11H2,1-2H3. The second-order valence-corrected chi connectivity index (χ2v) is 5.78. The van der Waals surface area contributed by atoms with E-state index >= 15 is 0 Å². The van der Waals surface area contributed by atoms with Gasteiger partial charge in [-0.05, 0) is 58.2 Å². The van der Waals surface area contributed by atoms with Crippen molar-refractivity contribution in [3.8, 4) is 0 Å². The number of likely N-dealkylation sites (tertiary alicyclic amines) is 1. The molecule has 104 valence electrons. The average Bonchev–Trinajstić information content (AvgIpc) is 2.88. The van der Waals surface area contributed by atoms with Crippen molar-refractivity contribution in [2.75, 3.05) is 33.2 Å². The van der Waals surface area contributed by atoms with Gasteiger partial charge in [-0.2, -0.15) is 0 Å². The molecule has 0 aromatic heterocycles. The van der Waals surface area contributed by atoms with Gasteiger partial charge in [-0.15, -0.1) is 0 Å². The van der Waals surface area contributed by atoms with Gasteiger partial charge in [-0.3, -0.25) is 4.79 Å². The zero-order chi connectivity index (χ0) is 13.0. The molecule has 2 unspecified atom stereocenters. The van der Waals surface area contributed by atoms with Crippen molar-refractivity contribution in [3.05, 3.63) is 0 Å². The van der Waals surface area contributed by atoms with Crippen molar-refractivity contribution in [2.24, 2.45) is 5.92 Å². The number of piperidine rings is 1. The summed E-state index contributed by atoms with van der Waals surface area (Å²) in [6.07, 6.45) is 5.46. The Kier molecular flexibility index (Phi) is 4.62. The van der Waals surface area contributed by atoms with Gasteiger partial charge in [0, 0.05) is 13.1 Å². The summed E-state index contributed by atoms with van der Waals surface area (Å²) in [5, 5.41) is 6.69. The van der Waals surface area contributed by atoms with E-state index in [1.807, 2.05) is 7.05 Å². The molecule has 0 aliphatic carbocycles. The Hall–Kier alpha value is -0.610. The Morgan fingerprint density at radius 2 is 2.33 bits per heavy atom. The summed E-state index contributed by atoms with van der Waals surface area (Å²) in [6, 6.07) is 0. The van der Waals surface area contributed by atoms with Crippen LogP contribution in [0.25, 0.3) is 0 Å². The largest absolute Gasteiger partial charge is 0.341 e. The first-order valence-corrected chi connectivity index (χ1v) is 7.41. The van der Waals surface area contributed by atoms with Crippen LogP contribution < -0.4 is 10.6 Å². The predicted molar refractivity (Wildman–Crippen MR) is 73.5 cm³/mol. The molecular formula is C14H27N3O. The van der Waals surface area contributed by atoms with Crippen LogP contribution in [0.3, 0.4) is 0 Å². The van der Waals surface area contributed by atoms with Gasteiger partial charge in [0.05, 0.1) is 5.54 Å². The summed E-state index contributed by atoms with van der Waals surface area (Å²) in [5.41, 5.74) is -0.248. The monoisotopic (exact) mass is 253 g/mol. The molecule has 0 bridgehead atoms. The summed E-state index contributed by atoms with van der Waals surface area (Å²) >= 11 is 0. The Labute approximate surface area is 110 Å². The molecule has 0 saturated carbocycles. The molecule has 2 aliphatic heterocycles. The van der Waals surface area contributed by atoms with E-state index in [4.69, 9.17) is 0 Å². The lowest BCUT2D eigenvalue weighted by atomic mass is 9.90. The minimum atomic E-state index is -0.248. The third-order valence-corrected chi connectivity index (χ3v) is 4.56. The topological polar surface area (TPSA) is 44.4 Å². The first-order chi connectivity index (χ1) is 8.72. The Morgan fingerprint density at radius 3 is 2.94 bits per heavy atom. The first-order valence-electron chi connectivity index (χ1n) is 7.41. The highest BCUT2D eigenvalue weighted by Gasteiger charge is 2.42. The summed E-state index contributed by atoms with van der Waals surface area (Å²) in [7, 11) is 1.99. The molecule has 2 N–H and O–H groups in total. The fraction of sp³-hybridized carbons (Fsp3) is 0.929. The lowest BCUT2D eigenvalue weighted by Crippen LogP contribution is -2.57. The van der Waals surface area contributed by atoms with E-state index in [1.165, 1.54) is 6.42 Å². The highest BCUT2D eigenvalue weighted by Crippen LogP contribution is 2.27. The number of nitrogens with zero attached hydrogens (tertiary/aromatic N) is 1. The smallest absolute Gasteiger partial charge is 0.242 e. The van der Waals surface area contributed by atoms with E-state index < -0.39 is 0 Å². The highest BCUT2D eigenvalue weighted by molar-refractivity contribution is 5.86. The minimum absolute atomic E-state index is 0.248. The Morgan fingerprint density at radius 1 is 1.50 bits per heavy atom. The number of carbonyl (C=O) groups is 1. The number of rotatable bonds is 4. The van der Waals surface area contributed by atoms with Crippen molar-refractivity contribution in [1.29, 1.82) is 0 Å². The maximum absolute atomic E-state index is 12.7. The van der Waals surface area contributed by atoms with Crippen LogP contribution in [0.15, 0.2) is 0 Å². The van der Waals surface area contributed by atoms with E-state index in [1.54, 1.807) is 0 Å². The van der Waals surface area contributed by atoms with Gasteiger partial charge < -0.3 is 15.5 Å². The van der Waals surface area contributed by atoms with E-state index in [2.05, 4.69) is 22.5 Å². The van der Waals surface area contributed by atoms with Crippen LogP contribution in [0, 0.1) is 5.92 Å². The fourth-order valence-electron chi connectivity index (χ4n) is 3.45. The quantitative estimate of drug-likeness (QED) is 0.785. The highest BCUT2D eigenvalue weighted by atomic mass is 16.2. The SMILES string of the molecule is CCC1(C(=O)N2CCCC(CNC)C2)CCCN1. The van der Waals surface area contributed by atoms with E-state index in [9.17, 15) is 4.79 Å². The third kappa shape index (κ3) is 2.69. The average molecular weight is 253 g/mol. The lowest BCUT2D eigenvalue weighted by Gasteiger charge is -2.38. The number of carbonyl (C=O) groups excluding carboxylic acids is 1. The van der Waals surface area contributed by atoms with Crippen molar-refractivity contribution in [2.45, 2.75) is 44.6 Å². The van der Waals surface area contributed by atoms with Gasteiger partial charge in [0.15, 0.2) is 0 Å². The van der Waals surface area contributed by atoms with Gasteiger partial charge in [-0.25, -0.2) is 0 Å². The maximum atomic E-state index is 12.7. The molecule has 2 heterocycles. The molecule has 0 aromatic carbocycles. The van der Waals surface area contributed by atoms with Gasteiger partial charge in [-0.1, -0.05) is 6.92 Å². The van der Waals surface area contributed by atoms with Crippen LogP contribution >= 0.6 is 0 Å². The molecule has 1 amide bonds. The molecule has 2 saturated heterocycles. The Balaban J connectivity index is 1.99. The molecule has 18 heavy (non-hydrogen) atoms. The molecule has 0 spiro atoms. The number of hydrogen-bond acceptors (Lipinski definition) is 3. The van der Waals surface area contributed by atoms with Crippen LogP contribution in [0.5, 0.6) is 0 Å². The van der Waals surface area contributed by atoms with Crippen LogP contribution in [-0.2, 0) is 4.79 Å². The third-order valence-electron chi connectivity index (χ3n) is 4.56. The zero-order valence-electron chi connectivity index (χ0n) is 11.8. The summed E-state index contributed by atoms with van der Waals surface area (Å²) in [4.78, 5) is 14.9. The predicted octanol–water partition coefficient (Wildman–Crippen LogP) is 0.977. The van der Waals surface area contributed by atoms with Crippen molar-refractivity contribution in [3.63, 3.8) is 0 Å². The number of nitrogens with one attached hydrogen (secondary N) is 2. The molecule has 4 heteroatoms. The molecule has 2 rings (SSSR count). The van der Waals surface area contributed by atoms with Crippen molar-refractivity contribution < 1.29 is 4.79 Å². The molecule has 2 aliphatic rings. The van der Waals surface area contributed by atoms with Crippen molar-refractivity contribution >= 4 is 5.91 Å². The summed E-state index contributed by atoms with van der Waals surface area (Å²) in [6.45, 7) is 6.03. The molecule has 0 radical (unpaired) electrons. The second kappa shape index (κ2) is 6.02. The molecular weight excluding hydrogens is 226 g/mol. The van der Waals surface area contributed by atoms with E-state index in [-0.39, 0.29) is 5.54 Å². The maximum Gasteiger partial charge on any atom is 0.242 e. The molecule has 2 fully saturated rings. The normalized spacial score (nSPS) is 32.8. The van der Waals surface area contributed by atoms with Gasteiger partial charge in [0.2, 0.25) is 5.91 Å².